The summed E-state index contributed by atoms with van der Waals surface area (Å²) in [5.74, 6) is 1.68. The average Bonchev–Trinajstić information content (AvgIpc) is 2.83. The van der Waals surface area contributed by atoms with Crippen molar-refractivity contribution in [2.45, 2.75) is 25.9 Å². The number of carbonyl (C=O) groups excluding carboxylic acids is 1. The molecule has 0 aliphatic carbocycles. The van der Waals surface area contributed by atoms with E-state index in [1.165, 1.54) is 29.8 Å². The number of nitriles is 1. The third-order valence-corrected chi connectivity index (χ3v) is 7.07. The number of pyridine rings is 1. The van der Waals surface area contributed by atoms with Crippen LogP contribution in [0.15, 0.2) is 40.9 Å². The molecule has 1 unspecified atom stereocenters. The van der Waals surface area contributed by atoms with Gasteiger partial charge in [0.25, 0.3) is 0 Å². The van der Waals surface area contributed by atoms with Crippen molar-refractivity contribution in [1.29, 1.82) is 5.26 Å². The average molecular weight is 532 g/mol. The first-order valence-corrected chi connectivity index (χ1v) is 14.5. The highest BCUT2D eigenvalue weighted by molar-refractivity contribution is 7.92. The SMILES string of the molecule is CC(=O)N1Cc2cc(Nc3ncc(C#N)c(Nc4cccc(N=S(C)(C)=O)n4)n3)cc3c2C(CN(C)C3)C1. The summed E-state index contributed by atoms with van der Waals surface area (Å²) in [6, 6.07) is 11.4. The normalized spacial score (nSPS) is 16.8. The number of aromatic nitrogens is 3. The predicted molar refractivity (Wildman–Crippen MR) is 146 cm³/mol. The molecule has 2 aliphatic rings. The second kappa shape index (κ2) is 10.00. The van der Waals surface area contributed by atoms with Crippen LogP contribution in [0.4, 0.5) is 29.1 Å². The highest BCUT2D eigenvalue weighted by Crippen LogP contribution is 2.38. The van der Waals surface area contributed by atoms with E-state index in [0.717, 1.165) is 30.9 Å². The van der Waals surface area contributed by atoms with Gasteiger partial charge in [-0.1, -0.05) is 6.07 Å². The molecule has 11 nitrogen and oxygen atoms in total. The Morgan fingerprint density at radius 2 is 1.92 bits per heavy atom. The van der Waals surface area contributed by atoms with Gasteiger partial charge in [-0.15, -0.1) is 0 Å². The summed E-state index contributed by atoms with van der Waals surface area (Å²) in [5.41, 5.74) is 4.76. The van der Waals surface area contributed by atoms with Gasteiger partial charge in [0.2, 0.25) is 11.9 Å². The second-order valence-electron chi connectivity index (χ2n) is 9.97. The zero-order valence-electron chi connectivity index (χ0n) is 21.7. The molecule has 0 radical (unpaired) electrons. The lowest BCUT2D eigenvalue weighted by Gasteiger charge is -2.41. The van der Waals surface area contributed by atoms with Crippen molar-refractivity contribution in [3.05, 3.63) is 58.8 Å². The van der Waals surface area contributed by atoms with Gasteiger partial charge in [-0.25, -0.2) is 14.2 Å². The van der Waals surface area contributed by atoms with E-state index in [4.69, 9.17) is 0 Å². The number of hydrogen-bond acceptors (Lipinski definition) is 10. The number of anilines is 4. The third kappa shape index (κ3) is 5.58. The Bertz CT molecular complexity index is 1580. The lowest BCUT2D eigenvalue weighted by molar-refractivity contribution is -0.130. The highest BCUT2D eigenvalue weighted by atomic mass is 32.2. The number of nitrogens with one attached hydrogen (secondary N) is 2. The summed E-state index contributed by atoms with van der Waals surface area (Å²) in [5, 5.41) is 15.9. The molecule has 0 fully saturated rings. The van der Waals surface area contributed by atoms with E-state index in [0.29, 0.717) is 24.1 Å². The molecule has 4 heterocycles. The smallest absolute Gasteiger partial charge is 0.229 e. The van der Waals surface area contributed by atoms with Crippen molar-refractivity contribution >= 4 is 44.7 Å². The monoisotopic (exact) mass is 531 g/mol. The van der Waals surface area contributed by atoms with Crippen molar-refractivity contribution < 1.29 is 9.00 Å². The van der Waals surface area contributed by atoms with E-state index >= 15 is 0 Å². The predicted octanol–water partition coefficient (Wildman–Crippen LogP) is 3.48. The maximum Gasteiger partial charge on any atom is 0.229 e. The number of hydrogen-bond donors (Lipinski definition) is 2. The van der Waals surface area contributed by atoms with Gasteiger partial charge in [0, 0.05) is 66.9 Å². The minimum Gasteiger partial charge on any atom is -0.338 e. The van der Waals surface area contributed by atoms with Crippen molar-refractivity contribution in [2.75, 3.05) is 43.3 Å². The zero-order chi connectivity index (χ0) is 27.0. The van der Waals surface area contributed by atoms with Crippen molar-refractivity contribution in [3.63, 3.8) is 0 Å². The number of likely N-dealkylation sites (N-methyl/N-ethyl adjacent to an activating group) is 1. The number of rotatable bonds is 5. The van der Waals surface area contributed by atoms with E-state index in [2.05, 4.69) is 60.1 Å². The fraction of sp³-hybridized carbons (Fsp3) is 0.346. The molecule has 38 heavy (non-hydrogen) atoms. The Kier molecular flexibility index (Phi) is 6.73. The Morgan fingerprint density at radius 3 is 2.63 bits per heavy atom. The topological polar surface area (TPSA) is 140 Å². The Labute approximate surface area is 222 Å². The molecule has 2 N–H and O–H groups in total. The summed E-state index contributed by atoms with van der Waals surface area (Å²) in [4.78, 5) is 29.6. The van der Waals surface area contributed by atoms with Gasteiger partial charge < -0.3 is 20.4 Å². The van der Waals surface area contributed by atoms with Gasteiger partial charge in [0.15, 0.2) is 11.6 Å². The number of nitrogens with zero attached hydrogens (tertiary/aromatic N) is 7. The molecule has 12 heteroatoms. The Hall–Kier alpha value is -4.08. The van der Waals surface area contributed by atoms with E-state index in [9.17, 15) is 14.3 Å². The van der Waals surface area contributed by atoms with Gasteiger partial charge >= 0.3 is 0 Å². The van der Waals surface area contributed by atoms with Crippen LogP contribution in [-0.4, -0.2) is 67.5 Å². The lowest BCUT2D eigenvalue weighted by Crippen LogP contribution is -2.43. The summed E-state index contributed by atoms with van der Waals surface area (Å²) < 4.78 is 16.2. The first-order valence-electron chi connectivity index (χ1n) is 12.1. The van der Waals surface area contributed by atoms with E-state index in [-0.39, 0.29) is 23.2 Å². The van der Waals surface area contributed by atoms with E-state index in [1.54, 1.807) is 25.1 Å². The molecule has 1 atom stereocenters. The van der Waals surface area contributed by atoms with Gasteiger partial charge in [-0.2, -0.15) is 14.6 Å². The van der Waals surface area contributed by atoms with Crippen molar-refractivity contribution in [3.8, 4) is 6.07 Å². The molecule has 0 saturated heterocycles. The number of carbonyl (C=O) groups is 1. The molecule has 2 aliphatic heterocycles. The van der Waals surface area contributed by atoms with Crippen LogP contribution in [0.3, 0.4) is 0 Å². The van der Waals surface area contributed by atoms with E-state index < -0.39 is 9.73 Å². The largest absolute Gasteiger partial charge is 0.338 e. The third-order valence-electron chi connectivity index (χ3n) is 6.44. The maximum absolute atomic E-state index is 12.2. The molecule has 0 bridgehead atoms. The fourth-order valence-corrected chi connectivity index (χ4v) is 5.58. The molecular formula is C26H29N9O2S. The second-order valence-corrected chi connectivity index (χ2v) is 12.5. The molecule has 196 valence electrons. The van der Waals surface area contributed by atoms with Gasteiger partial charge in [0.1, 0.15) is 17.5 Å². The number of benzene rings is 1. The quantitative estimate of drug-likeness (QED) is 0.506. The van der Waals surface area contributed by atoms with Crippen molar-refractivity contribution in [1.82, 2.24) is 24.8 Å². The molecule has 1 amide bonds. The first-order chi connectivity index (χ1) is 18.1. The van der Waals surface area contributed by atoms with Gasteiger partial charge in [-0.3, -0.25) is 4.79 Å². The van der Waals surface area contributed by atoms with Crippen LogP contribution in [0.2, 0.25) is 0 Å². The minimum absolute atomic E-state index is 0.0700. The minimum atomic E-state index is -2.37. The molecule has 0 spiro atoms. The van der Waals surface area contributed by atoms with Crippen LogP contribution in [-0.2, 0) is 27.6 Å². The number of amides is 1. The Balaban J connectivity index is 1.45. The zero-order valence-corrected chi connectivity index (χ0v) is 22.5. The van der Waals surface area contributed by atoms with Crippen LogP contribution in [0, 0.1) is 11.3 Å². The van der Waals surface area contributed by atoms with Gasteiger partial charge in [-0.05, 0) is 48.0 Å². The van der Waals surface area contributed by atoms with E-state index in [1.807, 2.05) is 4.90 Å². The first kappa shape index (κ1) is 25.6. The molecule has 0 saturated carbocycles. The Morgan fingerprint density at radius 1 is 1.16 bits per heavy atom. The summed E-state index contributed by atoms with van der Waals surface area (Å²) in [7, 11) is -0.282. The molecule has 5 rings (SSSR count). The van der Waals surface area contributed by atoms with Crippen LogP contribution < -0.4 is 10.6 Å². The highest BCUT2D eigenvalue weighted by Gasteiger charge is 2.33. The van der Waals surface area contributed by atoms with Crippen molar-refractivity contribution in [2.24, 2.45) is 4.36 Å². The van der Waals surface area contributed by atoms with Crippen LogP contribution >= 0.6 is 0 Å². The molecular weight excluding hydrogens is 502 g/mol. The van der Waals surface area contributed by atoms with Crippen LogP contribution in [0.5, 0.6) is 0 Å². The standard InChI is InChI=1S/C26H29N9O2S/c1-16(36)35-14-18-9-21(8-17-12-34(2)13-20(15-35)24(17)18)29-26-28-11-19(10-27)25(32-26)31-22-6-5-7-23(30-22)33-38(3,4)37/h5-9,11,20H,12-15H2,1-4H3,(H2,28,29,30,31,32). The summed E-state index contributed by atoms with van der Waals surface area (Å²) in [6.07, 6.45) is 4.52. The molecule has 3 aromatic rings. The summed E-state index contributed by atoms with van der Waals surface area (Å²) in [6.45, 7) is 4.66. The maximum atomic E-state index is 12.2. The molecule has 1 aromatic carbocycles. The summed E-state index contributed by atoms with van der Waals surface area (Å²) >= 11 is 0. The van der Waals surface area contributed by atoms with Crippen LogP contribution in [0.25, 0.3) is 0 Å². The van der Waals surface area contributed by atoms with Crippen LogP contribution in [0.1, 0.15) is 35.1 Å². The fourth-order valence-electron chi connectivity index (χ4n) is 5.02. The van der Waals surface area contributed by atoms with Gasteiger partial charge in [0.05, 0.1) is 6.20 Å². The molecule has 2 aromatic heterocycles. The lowest BCUT2D eigenvalue weighted by atomic mass is 9.82.